The summed E-state index contributed by atoms with van der Waals surface area (Å²) in [5.41, 5.74) is 9.27. The molecule has 1 nitrogen and oxygen atoms in total. The van der Waals surface area contributed by atoms with Gasteiger partial charge in [-0.1, -0.05) is 26.7 Å². The van der Waals surface area contributed by atoms with Gasteiger partial charge in [-0.2, -0.15) is 0 Å². The molecule has 0 saturated heterocycles. The molecule has 0 spiro atoms. The number of nitrogens with two attached hydrogens (primary N) is 1. The Bertz CT molecular complexity index is 436. The molecule has 6 saturated carbocycles. The van der Waals surface area contributed by atoms with Crippen LogP contribution in [-0.4, -0.2) is 5.54 Å². The topological polar surface area (TPSA) is 26.0 Å². The first-order chi connectivity index (χ1) is 9.38. The summed E-state index contributed by atoms with van der Waals surface area (Å²) < 4.78 is 0. The van der Waals surface area contributed by atoms with Gasteiger partial charge in [-0.15, -0.1) is 0 Å². The zero-order chi connectivity index (χ0) is 13.8. The summed E-state index contributed by atoms with van der Waals surface area (Å²) in [6.07, 6.45) is 14.7. The fourth-order valence-corrected chi connectivity index (χ4v) is 8.89. The van der Waals surface area contributed by atoms with Crippen molar-refractivity contribution in [3.63, 3.8) is 0 Å². The van der Waals surface area contributed by atoms with Crippen LogP contribution in [-0.2, 0) is 0 Å². The van der Waals surface area contributed by atoms with Crippen LogP contribution >= 0.6 is 0 Å². The van der Waals surface area contributed by atoms with Crippen molar-refractivity contribution in [3.8, 4) is 0 Å². The second kappa shape index (κ2) is 3.31. The summed E-state index contributed by atoms with van der Waals surface area (Å²) in [5.74, 6) is 2.81. The van der Waals surface area contributed by atoms with Crippen molar-refractivity contribution in [1.29, 1.82) is 0 Å². The van der Waals surface area contributed by atoms with Crippen LogP contribution in [0.25, 0.3) is 0 Å². The summed E-state index contributed by atoms with van der Waals surface area (Å²) >= 11 is 0. The van der Waals surface area contributed by atoms with Gasteiger partial charge in [0.15, 0.2) is 0 Å². The molecule has 6 fully saturated rings. The molecule has 112 valence electrons. The Morgan fingerprint density at radius 3 is 1.85 bits per heavy atom. The van der Waals surface area contributed by atoms with Crippen molar-refractivity contribution in [1.82, 2.24) is 0 Å². The Kier molecular flexibility index (Phi) is 2.07. The molecule has 1 heteroatoms. The summed E-state index contributed by atoms with van der Waals surface area (Å²) in [4.78, 5) is 0. The average Bonchev–Trinajstić information content (AvgIpc) is 2.93. The van der Waals surface area contributed by atoms with Crippen LogP contribution in [0.4, 0.5) is 0 Å². The molecule has 0 radical (unpaired) electrons. The monoisotopic (exact) mass is 273 g/mol. The number of hydrogen-bond acceptors (Lipinski definition) is 1. The van der Waals surface area contributed by atoms with Gasteiger partial charge in [-0.05, 0) is 85.4 Å². The third-order valence-corrected chi connectivity index (χ3v) is 8.43. The fraction of sp³-hybridized carbons (Fsp3) is 1.00. The molecule has 0 amide bonds. The van der Waals surface area contributed by atoms with Gasteiger partial charge in [0, 0.05) is 5.54 Å². The van der Waals surface area contributed by atoms with Crippen molar-refractivity contribution in [3.05, 3.63) is 0 Å². The lowest BCUT2D eigenvalue weighted by atomic mass is 9.38. The van der Waals surface area contributed by atoms with Crippen molar-refractivity contribution in [2.24, 2.45) is 39.7 Å². The van der Waals surface area contributed by atoms with Crippen LogP contribution in [0.15, 0.2) is 0 Å². The molecule has 4 bridgehead atoms. The number of rotatable bonds is 1. The highest BCUT2D eigenvalue weighted by Gasteiger charge is 2.76. The Hall–Kier alpha value is -0.0400. The summed E-state index contributed by atoms with van der Waals surface area (Å²) in [6, 6.07) is 0. The minimum atomic E-state index is 0.255. The van der Waals surface area contributed by atoms with E-state index in [-0.39, 0.29) is 5.54 Å². The van der Waals surface area contributed by atoms with E-state index in [0.717, 1.165) is 17.8 Å². The van der Waals surface area contributed by atoms with E-state index in [0.29, 0.717) is 16.2 Å². The molecule has 20 heavy (non-hydrogen) atoms. The minimum absolute atomic E-state index is 0.255. The van der Waals surface area contributed by atoms with Gasteiger partial charge in [0.1, 0.15) is 0 Å². The Balaban J connectivity index is 1.57. The molecule has 4 atom stereocenters. The van der Waals surface area contributed by atoms with Crippen LogP contribution in [0.2, 0.25) is 0 Å². The standard InChI is InChI=1S/C19H31N/c1-16-7-13-8-17(2,10-16)12-18(9-13,11-16)19(20)14-5-3-4-6-15(14)19/h13-15H,3-12,20H2,1-2H3. The van der Waals surface area contributed by atoms with E-state index >= 15 is 0 Å². The molecular formula is C19H31N. The largest absolute Gasteiger partial charge is 0.324 e. The Morgan fingerprint density at radius 1 is 0.800 bits per heavy atom. The Labute approximate surface area is 124 Å². The van der Waals surface area contributed by atoms with Gasteiger partial charge >= 0.3 is 0 Å². The van der Waals surface area contributed by atoms with Crippen LogP contribution in [0.3, 0.4) is 0 Å². The lowest BCUT2D eigenvalue weighted by Crippen LogP contribution is -2.62. The Morgan fingerprint density at radius 2 is 1.35 bits per heavy atom. The third kappa shape index (κ3) is 1.30. The lowest BCUT2D eigenvalue weighted by molar-refractivity contribution is -0.162. The van der Waals surface area contributed by atoms with Crippen LogP contribution in [0.5, 0.6) is 0 Å². The molecule has 0 heterocycles. The van der Waals surface area contributed by atoms with E-state index in [1.807, 2.05) is 0 Å². The van der Waals surface area contributed by atoms with Crippen LogP contribution in [0.1, 0.15) is 78.1 Å². The zero-order valence-electron chi connectivity index (χ0n) is 13.4. The minimum Gasteiger partial charge on any atom is -0.324 e. The highest BCUT2D eigenvalue weighted by Crippen LogP contribution is 2.78. The van der Waals surface area contributed by atoms with Crippen molar-refractivity contribution in [2.75, 3.05) is 0 Å². The number of hydrogen-bond donors (Lipinski definition) is 1. The summed E-state index contributed by atoms with van der Waals surface area (Å²) in [7, 11) is 0. The van der Waals surface area contributed by atoms with Crippen molar-refractivity contribution in [2.45, 2.75) is 83.6 Å². The van der Waals surface area contributed by atoms with E-state index < -0.39 is 0 Å². The number of fused-ring (bicyclic) bond motifs is 1. The van der Waals surface area contributed by atoms with Gasteiger partial charge in [0.05, 0.1) is 0 Å². The van der Waals surface area contributed by atoms with Crippen molar-refractivity contribution >= 4 is 0 Å². The molecule has 0 aromatic heterocycles. The molecule has 6 aliphatic rings. The van der Waals surface area contributed by atoms with E-state index in [4.69, 9.17) is 5.73 Å². The predicted octanol–water partition coefficient (Wildman–Crippen LogP) is 4.50. The summed E-state index contributed by atoms with van der Waals surface area (Å²) in [5, 5.41) is 0. The van der Waals surface area contributed by atoms with E-state index in [1.165, 1.54) is 64.2 Å². The van der Waals surface area contributed by atoms with Crippen LogP contribution < -0.4 is 5.73 Å². The maximum Gasteiger partial charge on any atom is 0.0275 e. The third-order valence-electron chi connectivity index (χ3n) is 8.43. The highest BCUT2D eigenvalue weighted by molar-refractivity contribution is 5.29. The first-order valence-electron chi connectivity index (χ1n) is 9.17. The quantitative estimate of drug-likeness (QED) is 0.748. The molecule has 6 rings (SSSR count). The first-order valence-corrected chi connectivity index (χ1v) is 9.17. The van der Waals surface area contributed by atoms with E-state index in [9.17, 15) is 0 Å². The molecule has 0 aromatic carbocycles. The normalized spacial score (nSPS) is 67.0. The van der Waals surface area contributed by atoms with Gasteiger partial charge in [0.2, 0.25) is 0 Å². The molecule has 0 aromatic rings. The summed E-state index contributed by atoms with van der Waals surface area (Å²) in [6.45, 7) is 5.19. The average molecular weight is 273 g/mol. The van der Waals surface area contributed by atoms with Crippen LogP contribution in [0, 0.1) is 34.0 Å². The molecule has 0 aliphatic heterocycles. The highest BCUT2D eigenvalue weighted by atomic mass is 15.0. The smallest absolute Gasteiger partial charge is 0.0275 e. The SMILES string of the molecule is CC12CC3CC(C)(C1)CC(C1(N)C4CCCCC41)(C3)C2. The van der Waals surface area contributed by atoms with E-state index in [2.05, 4.69) is 13.8 Å². The molecule has 4 unspecified atom stereocenters. The van der Waals surface area contributed by atoms with Gasteiger partial charge < -0.3 is 5.73 Å². The van der Waals surface area contributed by atoms with Crippen molar-refractivity contribution < 1.29 is 0 Å². The van der Waals surface area contributed by atoms with Gasteiger partial charge in [0.25, 0.3) is 0 Å². The zero-order valence-corrected chi connectivity index (χ0v) is 13.4. The first kappa shape index (κ1) is 12.5. The second-order valence-corrected chi connectivity index (χ2v) is 10.3. The molecule has 6 aliphatic carbocycles. The predicted molar refractivity (Wildman–Crippen MR) is 82.2 cm³/mol. The maximum atomic E-state index is 7.21. The van der Waals surface area contributed by atoms with E-state index in [1.54, 1.807) is 0 Å². The molecule has 2 N–H and O–H groups in total. The van der Waals surface area contributed by atoms with Gasteiger partial charge in [-0.25, -0.2) is 0 Å². The second-order valence-electron chi connectivity index (χ2n) is 10.3. The fourth-order valence-electron chi connectivity index (χ4n) is 8.89. The lowest BCUT2D eigenvalue weighted by Gasteiger charge is -2.67. The van der Waals surface area contributed by atoms with Gasteiger partial charge in [-0.3, -0.25) is 0 Å². The maximum absolute atomic E-state index is 7.21. The molecular weight excluding hydrogens is 242 g/mol.